The number of allylic oxidation sites excluding steroid dienone is 3. The third kappa shape index (κ3) is 4.01. The lowest BCUT2D eigenvalue weighted by atomic mass is 9.80. The Morgan fingerprint density at radius 1 is 1.44 bits per heavy atom. The van der Waals surface area contributed by atoms with E-state index in [-0.39, 0.29) is 11.4 Å². The van der Waals surface area contributed by atoms with Crippen molar-refractivity contribution >= 4 is 5.97 Å². The van der Waals surface area contributed by atoms with Gasteiger partial charge in [-0.25, -0.2) is 0 Å². The second-order valence-electron chi connectivity index (χ2n) is 6.36. The molecule has 0 aromatic rings. The minimum atomic E-state index is -0.198. The molecular weight excluding hydrogens is 224 g/mol. The maximum Gasteiger partial charge on any atom is 0.302 e. The van der Waals surface area contributed by atoms with Crippen molar-refractivity contribution in [2.45, 2.75) is 53.9 Å². The van der Waals surface area contributed by atoms with E-state index in [0.29, 0.717) is 12.5 Å². The second kappa shape index (κ2) is 5.73. The lowest BCUT2D eigenvalue weighted by Crippen LogP contribution is -2.23. The van der Waals surface area contributed by atoms with Gasteiger partial charge in [0.05, 0.1) is 6.61 Å². The largest absolute Gasteiger partial charge is 0.465 e. The van der Waals surface area contributed by atoms with Gasteiger partial charge >= 0.3 is 5.97 Å². The van der Waals surface area contributed by atoms with Gasteiger partial charge in [0.1, 0.15) is 0 Å². The molecule has 0 amide bonds. The van der Waals surface area contributed by atoms with E-state index >= 15 is 0 Å². The molecule has 0 aliphatic heterocycles. The third-order valence-electron chi connectivity index (χ3n) is 3.71. The minimum Gasteiger partial charge on any atom is -0.465 e. The molecule has 1 atom stereocenters. The fourth-order valence-electron chi connectivity index (χ4n) is 2.67. The van der Waals surface area contributed by atoms with Gasteiger partial charge in [0.25, 0.3) is 0 Å². The van der Waals surface area contributed by atoms with Gasteiger partial charge in [-0.3, -0.25) is 4.79 Å². The molecule has 0 fully saturated rings. The molecule has 0 spiro atoms. The Kier molecular flexibility index (Phi) is 4.78. The zero-order valence-corrected chi connectivity index (χ0v) is 12.4. The Bertz CT molecular complexity index is 375. The van der Waals surface area contributed by atoms with Gasteiger partial charge in [-0.2, -0.15) is 0 Å². The second-order valence-corrected chi connectivity index (χ2v) is 6.36. The zero-order chi connectivity index (χ0) is 13.9. The number of carbonyl (C=O) groups excluding carboxylic acids is 1. The summed E-state index contributed by atoms with van der Waals surface area (Å²) >= 11 is 0. The Hall–Kier alpha value is -1.05. The molecule has 0 unspecified atom stereocenters. The zero-order valence-electron chi connectivity index (χ0n) is 12.4. The fraction of sp³-hybridized carbons (Fsp3) is 0.688. The quantitative estimate of drug-likeness (QED) is 0.538. The first kappa shape index (κ1) is 15.0. The van der Waals surface area contributed by atoms with Crippen molar-refractivity contribution in [2.75, 3.05) is 6.61 Å². The Morgan fingerprint density at radius 2 is 2.06 bits per heavy atom. The van der Waals surface area contributed by atoms with Gasteiger partial charge in [0.15, 0.2) is 0 Å². The van der Waals surface area contributed by atoms with Crippen molar-refractivity contribution in [1.29, 1.82) is 0 Å². The summed E-state index contributed by atoms with van der Waals surface area (Å²) in [5.74, 6) is 0.332. The highest BCUT2D eigenvalue weighted by atomic mass is 16.5. The van der Waals surface area contributed by atoms with Crippen molar-refractivity contribution in [3.05, 3.63) is 23.3 Å². The van der Waals surface area contributed by atoms with Crippen LogP contribution in [0.15, 0.2) is 23.3 Å². The predicted molar refractivity (Wildman–Crippen MR) is 75.3 cm³/mol. The summed E-state index contributed by atoms with van der Waals surface area (Å²) in [5.41, 5.74) is 4.27. The first-order valence-electron chi connectivity index (χ1n) is 6.70. The van der Waals surface area contributed by atoms with Crippen LogP contribution in [0.3, 0.4) is 0 Å². The summed E-state index contributed by atoms with van der Waals surface area (Å²) < 4.78 is 5.16. The smallest absolute Gasteiger partial charge is 0.302 e. The van der Waals surface area contributed by atoms with E-state index in [4.69, 9.17) is 4.74 Å². The molecule has 1 aliphatic carbocycles. The molecule has 2 nitrogen and oxygen atoms in total. The molecule has 0 aromatic carbocycles. The van der Waals surface area contributed by atoms with Gasteiger partial charge in [-0.15, -0.1) is 0 Å². The van der Waals surface area contributed by atoms with Gasteiger partial charge in [0, 0.05) is 18.3 Å². The summed E-state index contributed by atoms with van der Waals surface area (Å²) in [5, 5.41) is 0. The number of carbonyl (C=O) groups is 1. The molecule has 102 valence electrons. The molecule has 0 heterocycles. The summed E-state index contributed by atoms with van der Waals surface area (Å²) in [6.07, 6.45) is 3.36. The van der Waals surface area contributed by atoms with Crippen molar-refractivity contribution in [3.8, 4) is 0 Å². The number of rotatable bonds is 5. The first-order valence-corrected chi connectivity index (χ1v) is 6.70. The average molecular weight is 250 g/mol. The Labute approximate surface area is 111 Å². The van der Waals surface area contributed by atoms with Gasteiger partial charge in [0.2, 0.25) is 0 Å². The molecule has 18 heavy (non-hydrogen) atoms. The average Bonchev–Trinajstić information content (AvgIpc) is 2.57. The van der Waals surface area contributed by atoms with E-state index in [2.05, 4.69) is 34.3 Å². The van der Waals surface area contributed by atoms with E-state index < -0.39 is 0 Å². The van der Waals surface area contributed by atoms with Gasteiger partial charge in [-0.1, -0.05) is 37.1 Å². The van der Waals surface area contributed by atoms with Crippen LogP contribution < -0.4 is 0 Å². The molecule has 0 bridgehead atoms. The van der Waals surface area contributed by atoms with Crippen LogP contribution in [-0.4, -0.2) is 12.6 Å². The standard InChI is InChI=1S/C16H26O2/c1-11(2)14-8-7-12(3)15(14)9-16(5,6)10-18-13(4)17/h14H,1,7-10H2,2-6H3/t14-/m1/s1. The Morgan fingerprint density at radius 3 is 2.56 bits per heavy atom. The highest BCUT2D eigenvalue weighted by Crippen LogP contribution is 2.42. The lowest BCUT2D eigenvalue weighted by Gasteiger charge is -2.28. The van der Waals surface area contributed by atoms with E-state index in [1.165, 1.54) is 36.5 Å². The SMILES string of the molecule is C=C(C)[C@H]1CCC(C)=C1CC(C)(C)COC(C)=O. The van der Waals surface area contributed by atoms with Crippen LogP contribution in [0.2, 0.25) is 0 Å². The minimum absolute atomic E-state index is 0.000301. The molecule has 1 aliphatic rings. The number of esters is 1. The van der Waals surface area contributed by atoms with Crippen molar-refractivity contribution in [1.82, 2.24) is 0 Å². The van der Waals surface area contributed by atoms with E-state index in [1.807, 2.05) is 0 Å². The molecule has 1 rings (SSSR count). The number of ether oxygens (including phenoxy) is 1. The van der Waals surface area contributed by atoms with Crippen LogP contribution in [0.5, 0.6) is 0 Å². The molecule has 2 heteroatoms. The van der Waals surface area contributed by atoms with Crippen molar-refractivity contribution in [3.63, 3.8) is 0 Å². The fourth-order valence-corrected chi connectivity index (χ4v) is 2.67. The van der Waals surface area contributed by atoms with Gasteiger partial charge in [-0.05, 0) is 33.1 Å². The Balaban J connectivity index is 2.72. The van der Waals surface area contributed by atoms with Crippen molar-refractivity contribution < 1.29 is 9.53 Å². The normalized spacial score (nSPS) is 20.2. The first-order chi connectivity index (χ1) is 8.23. The van der Waals surface area contributed by atoms with E-state index in [1.54, 1.807) is 0 Å². The highest BCUT2D eigenvalue weighted by molar-refractivity contribution is 5.65. The molecule has 0 saturated heterocycles. The van der Waals surface area contributed by atoms with Crippen LogP contribution in [0.4, 0.5) is 0 Å². The molecule has 0 aromatic heterocycles. The third-order valence-corrected chi connectivity index (χ3v) is 3.71. The number of hydrogen-bond donors (Lipinski definition) is 0. The topological polar surface area (TPSA) is 26.3 Å². The molecule has 0 radical (unpaired) electrons. The van der Waals surface area contributed by atoms with Crippen LogP contribution in [0.1, 0.15) is 53.9 Å². The van der Waals surface area contributed by atoms with E-state index in [9.17, 15) is 4.79 Å². The van der Waals surface area contributed by atoms with Crippen LogP contribution in [-0.2, 0) is 9.53 Å². The lowest BCUT2D eigenvalue weighted by molar-refractivity contribution is -0.143. The van der Waals surface area contributed by atoms with Gasteiger partial charge < -0.3 is 4.74 Å². The predicted octanol–water partition coefficient (Wildman–Crippen LogP) is 4.27. The summed E-state index contributed by atoms with van der Waals surface area (Å²) in [6, 6.07) is 0. The molecular formula is C16H26O2. The molecule has 0 N–H and O–H groups in total. The highest BCUT2D eigenvalue weighted by Gasteiger charge is 2.30. The summed E-state index contributed by atoms with van der Waals surface area (Å²) in [4.78, 5) is 10.9. The number of hydrogen-bond acceptors (Lipinski definition) is 2. The molecule has 0 saturated carbocycles. The van der Waals surface area contributed by atoms with E-state index in [0.717, 1.165) is 6.42 Å². The van der Waals surface area contributed by atoms with Crippen LogP contribution in [0.25, 0.3) is 0 Å². The van der Waals surface area contributed by atoms with Crippen LogP contribution in [0, 0.1) is 11.3 Å². The maximum atomic E-state index is 10.9. The van der Waals surface area contributed by atoms with Crippen molar-refractivity contribution in [2.24, 2.45) is 11.3 Å². The van der Waals surface area contributed by atoms with Crippen LogP contribution >= 0.6 is 0 Å². The summed E-state index contributed by atoms with van der Waals surface area (Å²) in [7, 11) is 0. The maximum absolute atomic E-state index is 10.9. The summed E-state index contributed by atoms with van der Waals surface area (Å²) in [6.45, 7) is 14.7. The monoisotopic (exact) mass is 250 g/mol.